The van der Waals surface area contributed by atoms with Crippen molar-refractivity contribution in [2.24, 2.45) is 0 Å². The molecule has 1 aromatic rings. The number of hydrogen-bond acceptors (Lipinski definition) is 3. The van der Waals surface area contributed by atoms with E-state index in [2.05, 4.69) is 11.4 Å². The highest BCUT2D eigenvalue weighted by atomic mass is 35.5. The van der Waals surface area contributed by atoms with E-state index in [9.17, 15) is 5.11 Å². The van der Waals surface area contributed by atoms with E-state index in [4.69, 9.17) is 16.9 Å². The molecule has 0 bridgehead atoms. The Labute approximate surface area is 101 Å². The maximum atomic E-state index is 9.25. The molecule has 86 valence electrons. The molecule has 0 heterocycles. The van der Waals surface area contributed by atoms with Gasteiger partial charge in [-0.25, -0.2) is 0 Å². The van der Waals surface area contributed by atoms with Gasteiger partial charge in [-0.2, -0.15) is 5.26 Å². The summed E-state index contributed by atoms with van der Waals surface area (Å²) in [6, 6.07) is 7.27. The van der Waals surface area contributed by atoms with E-state index in [1.54, 1.807) is 25.1 Å². The molecule has 2 atom stereocenters. The molecule has 0 spiro atoms. The molecule has 0 radical (unpaired) electrons. The molecule has 0 amide bonds. The van der Waals surface area contributed by atoms with Crippen LogP contribution in [0.15, 0.2) is 18.2 Å². The molecular weight excluding hydrogens is 224 g/mol. The second-order valence-corrected chi connectivity index (χ2v) is 4.37. The number of nitrogens with zero attached hydrogens (tertiary/aromatic N) is 1. The monoisotopic (exact) mass is 238 g/mol. The Kier molecular flexibility index (Phi) is 4.60. The third kappa shape index (κ3) is 3.73. The Bertz CT molecular complexity index is 398. The van der Waals surface area contributed by atoms with E-state index in [1.807, 2.05) is 6.92 Å². The highest BCUT2D eigenvalue weighted by Gasteiger charge is 2.09. The average Bonchev–Trinajstić information content (AvgIpc) is 2.16. The first-order valence-electron chi connectivity index (χ1n) is 5.17. The summed E-state index contributed by atoms with van der Waals surface area (Å²) in [7, 11) is 0. The fourth-order valence-electron chi connectivity index (χ4n) is 1.57. The lowest BCUT2D eigenvalue weighted by Crippen LogP contribution is -2.21. The van der Waals surface area contributed by atoms with Gasteiger partial charge in [0.05, 0.1) is 17.4 Å². The fourth-order valence-corrected chi connectivity index (χ4v) is 1.74. The van der Waals surface area contributed by atoms with Gasteiger partial charge in [0.15, 0.2) is 0 Å². The number of anilines is 1. The van der Waals surface area contributed by atoms with Gasteiger partial charge in [-0.1, -0.05) is 11.6 Å². The van der Waals surface area contributed by atoms with Crippen LogP contribution >= 0.6 is 11.6 Å². The summed E-state index contributed by atoms with van der Waals surface area (Å²) in [5, 5.41) is 21.9. The Balaban J connectivity index is 2.80. The summed E-state index contributed by atoms with van der Waals surface area (Å²) in [5.41, 5.74) is 1.27. The number of nitriles is 1. The van der Waals surface area contributed by atoms with E-state index in [-0.39, 0.29) is 12.1 Å². The molecule has 1 rings (SSSR count). The normalized spacial score (nSPS) is 13.9. The molecule has 0 aromatic heterocycles. The van der Waals surface area contributed by atoms with Gasteiger partial charge < -0.3 is 10.4 Å². The maximum absolute atomic E-state index is 9.25. The van der Waals surface area contributed by atoms with E-state index in [1.165, 1.54) is 0 Å². The van der Waals surface area contributed by atoms with Gasteiger partial charge in [0.25, 0.3) is 0 Å². The summed E-state index contributed by atoms with van der Waals surface area (Å²) in [6.07, 6.45) is 0.254. The van der Waals surface area contributed by atoms with Crippen LogP contribution in [0.4, 0.5) is 5.69 Å². The van der Waals surface area contributed by atoms with Crippen molar-refractivity contribution in [3.8, 4) is 6.07 Å². The standard InChI is InChI=1S/C12H15ClN2O/c1-8(5-9(2)16)15-12-6-11(13)4-3-10(12)7-14/h3-4,6,8-9,15-16H,5H2,1-2H3. The minimum atomic E-state index is -0.368. The van der Waals surface area contributed by atoms with Crippen LogP contribution < -0.4 is 5.32 Å². The van der Waals surface area contributed by atoms with Gasteiger partial charge in [-0.15, -0.1) is 0 Å². The van der Waals surface area contributed by atoms with Crippen LogP contribution in [0.25, 0.3) is 0 Å². The molecule has 0 aliphatic heterocycles. The highest BCUT2D eigenvalue weighted by molar-refractivity contribution is 6.30. The Morgan fingerprint density at radius 1 is 1.50 bits per heavy atom. The molecule has 0 saturated heterocycles. The summed E-state index contributed by atoms with van der Waals surface area (Å²) < 4.78 is 0. The second-order valence-electron chi connectivity index (χ2n) is 3.93. The first kappa shape index (κ1) is 12.8. The van der Waals surface area contributed by atoms with E-state index >= 15 is 0 Å². The number of rotatable bonds is 4. The summed E-state index contributed by atoms with van der Waals surface area (Å²) in [4.78, 5) is 0. The number of benzene rings is 1. The lowest BCUT2D eigenvalue weighted by atomic mass is 10.1. The van der Waals surface area contributed by atoms with Gasteiger partial charge >= 0.3 is 0 Å². The van der Waals surface area contributed by atoms with Crippen molar-refractivity contribution in [3.63, 3.8) is 0 Å². The maximum Gasteiger partial charge on any atom is 0.101 e. The van der Waals surface area contributed by atoms with Gasteiger partial charge in [0.1, 0.15) is 6.07 Å². The van der Waals surface area contributed by atoms with Gasteiger partial charge in [0, 0.05) is 11.1 Å². The molecule has 0 saturated carbocycles. The highest BCUT2D eigenvalue weighted by Crippen LogP contribution is 2.21. The Morgan fingerprint density at radius 2 is 2.19 bits per heavy atom. The molecule has 3 nitrogen and oxygen atoms in total. The van der Waals surface area contributed by atoms with Crippen LogP contribution in [0.5, 0.6) is 0 Å². The molecule has 2 unspecified atom stereocenters. The molecule has 2 N–H and O–H groups in total. The lowest BCUT2D eigenvalue weighted by Gasteiger charge is -2.17. The molecule has 4 heteroatoms. The van der Waals surface area contributed by atoms with Crippen molar-refractivity contribution in [3.05, 3.63) is 28.8 Å². The van der Waals surface area contributed by atoms with Gasteiger partial charge in [0.2, 0.25) is 0 Å². The minimum absolute atomic E-state index is 0.0885. The zero-order valence-corrected chi connectivity index (χ0v) is 10.1. The van der Waals surface area contributed by atoms with Crippen LogP contribution in [0.3, 0.4) is 0 Å². The minimum Gasteiger partial charge on any atom is -0.393 e. The van der Waals surface area contributed by atoms with Crippen molar-refractivity contribution in [2.45, 2.75) is 32.4 Å². The van der Waals surface area contributed by atoms with Crippen molar-refractivity contribution in [2.75, 3.05) is 5.32 Å². The summed E-state index contributed by atoms with van der Waals surface area (Å²) in [5.74, 6) is 0. The molecule has 0 fully saturated rings. The second kappa shape index (κ2) is 5.74. The van der Waals surface area contributed by atoms with Crippen LogP contribution in [-0.2, 0) is 0 Å². The van der Waals surface area contributed by atoms with E-state index in [0.717, 1.165) is 0 Å². The Hall–Kier alpha value is -1.24. The largest absolute Gasteiger partial charge is 0.393 e. The Morgan fingerprint density at radius 3 is 2.75 bits per heavy atom. The van der Waals surface area contributed by atoms with Crippen LogP contribution in [0, 0.1) is 11.3 Å². The predicted molar refractivity (Wildman–Crippen MR) is 65.5 cm³/mol. The summed E-state index contributed by atoms with van der Waals surface area (Å²) in [6.45, 7) is 3.69. The van der Waals surface area contributed by atoms with Crippen LogP contribution in [0.1, 0.15) is 25.8 Å². The molecule has 0 aliphatic rings. The molecule has 0 aliphatic carbocycles. The fraction of sp³-hybridized carbons (Fsp3) is 0.417. The topological polar surface area (TPSA) is 56.0 Å². The van der Waals surface area contributed by atoms with Crippen LogP contribution in [0.2, 0.25) is 5.02 Å². The van der Waals surface area contributed by atoms with E-state index in [0.29, 0.717) is 22.7 Å². The SMILES string of the molecule is CC(O)CC(C)Nc1cc(Cl)ccc1C#N. The number of hydrogen-bond donors (Lipinski definition) is 2. The quantitative estimate of drug-likeness (QED) is 0.848. The number of nitrogens with one attached hydrogen (secondary N) is 1. The average molecular weight is 239 g/mol. The lowest BCUT2D eigenvalue weighted by molar-refractivity contribution is 0.179. The van der Waals surface area contributed by atoms with Gasteiger partial charge in [-0.05, 0) is 38.5 Å². The van der Waals surface area contributed by atoms with Gasteiger partial charge in [-0.3, -0.25) is 0 Å². The molecular formula is C12H15ClN2O. The summed E-state index contributed by atoms with van der Waals surface area (Å²) >= 11 is 5.86. The first-order chi connectivity index (χ1) is 7.52. The molecule has 1 aromatic carbocycles. The van der Waals surface area contributed by atoms with Crippen molar-refractivity contribution >= 4 is 17.3 Å². The third-order valence-corrected chi connectivity index (χ3v) is 2.43. The van der Waals surface area contributed by atoms with Crippen LogP contribution in [-0.4, -0.2) is 17.3 Å². The number of aliphatic hydroxyl groups excluding tert-OH is 1. The first-order valence-corrected chi connectivity index (χ1v) is 5.55. The zero-order chi connectivity index (χ0) is 12.1. The van der Waals surface area contributed by atoms with Crippen molar-refractivity contribution in [1.29, 1.82) is 5.26 Å². The van der Waals surface area contributed by atoms with E-state index < -0.39 is 0 Å². The molecule has 16 heavy (non-hydrogen) atoms. The smallest absolute Gasteiger partial charge is 0.101 e. The zero-order valence-electron chi connectivity index (χ0n) is 9.37. The number of halogens is 1. The van der Waals surface area contributed by atoms with Crippen molar-refractivity contribution in [1.82, 2.24) is 0 Å². The number of aliphatic hydroxyl groups is 1. The third-order valence-electron chi connectivity index (χ3n) is 2.20. The van der Waals surface area contributed by atoms with Crippen molar-refractivity contribution < 1.29 is 5.11 Å². The predicted octanol–water partition coefficient (Wildman–Crippen LogP) is 2.78.